The van der Waals surface area contributed by atoms with Crippen LogP contribution in [0, 0.1) is 5.92 Å². The third-order valence-corrected chi connectivity index (χ3v) is 7.24. The minimum absolute atomic E-state index is 0.543. The van der Waals surface area contributed by atoms with Gasteiger partial charge >= 0.3 is 0 Å². The van der Waals surface area contributed by atoms with E-state index in [1.54, 1.807) is 24.9 Å². The molecule has 0 radical (unpaired) electrons. The van der Waals surface area contributed by atoms with Gasteiger partial charge in [-0.3, -0.25) is 15.1 Å². The number of nitrogens with one attached hydrogen (secondary N) is 3. The van der Waals surface area contributed by atoms with E-state index in [0.29, 0.717) is 11.7 Å². The van der Waals surface area contributed by atoms with Gasteiger partial charge in [0.05, 0.1) is 41.6 Å². The zero-order valence-electron chi connectivity index (χ0n) is 20.2. The second kappa shape index (κ2) is 8.74. The van der Waals surface area contributed by atoms with Gasteiger partial charge in [0.25, 0.3) is 0 Å². The number of aromatic nitrogens is 6. The van der Waals surface area contributed by atoms with Crippen LogP contribution in [0.4, 0.5) is 5.69 Å². The second-order valence-electron chi connectivity index (χ2n) is 9.61. The lowest BCUT2D eigenvalue weighted by Gasteiger charge is -2.16. The highest BCUT2D eigenvalue weighted by molar-refractivity contribution is 5.98. The van der Waals surface area contributed by atoms with Crippen molar-refractivity contribution in [1.29, 1.82) is 0 Å². The molecule has 182 valence electrons. The first-order valence-electron chi connectivity index (χ1n) is 12.5. The van der Waals surface area contributed by atoms with Gasteiger partial charge in [0, 0.05) is 40.2 Å². The van der Waals surface area contributed by atoms with Gasteiger partial charge in [-0.15, -0.1) is 0 Å². The maximum atomic E-state index is 5.27. The molecule has 8 heteroatoms. The minimum Gasteiger partial charge on any atom is -0.472 e. The minimum atomic E-state index is 0.543. The summed E-state index contributed by atoms with van der Waals surface area (Å²) in [5.41, 5.74) is 9.30. The summed E-state index contributed by atoms with van der Waals surface area (Å²) in [5.74, 6) is 1.22. The predicted molar refractivity (Wildman–Crippen MR) is 145 cm³/mol. The molecule has 1 saturated carbocycles. The van der Waals surface area contributed by atoms with Gasteiger partial charge in [-0.25, -0.2) is 4.98 Å². The number of aromatic amines is 2. The Morgan fingerprint density at radius 3 is 2.70 bits per heavy atom. The molecule has 1 aliphatic carbocycles. The normalized spacial score (nSPS) is 14.1. The number of anilines is 1. The van der Waals surface area contributed by atoms with E-state index in [1.807, 2.05) is 24.5 Å². The fourth-order valence-corrected chi connectivity index (χ4v) is 5.28. The molecule has 0 saturated heterocycles. The highest BCUT2D eigenvalue weighted by Gasteiger charge is 2.19. The lowest BCUT2D eigenvalue weighted by Crippen LogP contribution is -2.07. The Labute approximate surface area is 212 Å². The van der Waals surface area contributed by atoms with Crippen molar-refractivity contribution in [2.45, 2.75) is 25.7 Å². The van der Waals surface area contributed by atoms with E-state index in [0.717, 1.165) is 61.3 Å². The maximum absolute atomic E-state index is 5.27. The Morgan fingerprint density at radius 2 is 1.84 bits per heavy atom. The third kappa shape index (κ3) is 3.87. The molecule has 8 nitrogen and oxygen atoms in total. The van der Waals surface area contributed by atoms with Crippen LogP contribution in [-0.2, 0) is 0 Å². The van der Waals surface area contributed by atoms with Crippen molar-refractivity contribution in [1.82, 2.24) is 30.1 Å². The standard InChI is InChI=1S/C29H25N7O/c1-17(18-4-2-3-5-18)32-22-10-21(12-30-13-22)19-6-7-25-23(11-19)28(36-35-25)29-33-26-15-31-14-24(27(26)34-29)20-8-9-37-16-20/h6-16,18,32H,1-5H2,(H,33,34)(H,35,36). The summed E-state index contributed by atoms with van der Waals surface area (Å²) in [5, 5.41) is 12.2. The molecule has 1 fully saturated rings. The fourth-order valence-electron chi connectivity index (χ4n) is 5.28. The molecule has 0 aliphatic heterocycles. The van der Waals surface area contributed by atoms with Crippen LogP contribution < -0.4 is 5.32 Å². The molecule has 0 unspecified atom stereocenters. The van der Waals surface area contributed by atoms with Gasteiger partial charge in [-0.05, 0) is 48.6 Å². The monoisotopic (exact) mass is 487 g/mol. The van der Waals surface area contributed by atoms with Crippen LogP contribution >= 0.6 is 0 Å². The van der Waals surface area contributed by atoms with Crippen molar-refractivity contribution in [3.05, 3.63) is 79.9 Å². The summed E-state index contributed by atoms with van der Waals surface area (Å²) in [6, 6.07) is 10.3. The van der Waals surface area contributed by atoms with Crippen molar-refractivity contribution in [2.75, 3.05) is 5.32 Å². The van der Waals surface area contributed by atoms with Crippen molar-refractivity contribution < 1.29 is 4.42 Å². The average molecular weight is 488 g/mol. The summed E-state index contributed by atoms with van der Waals surface area (Å²) in [6.07, 6.45) is 15.6. The summed E-state index contributed by atoms with van der Waals surface area (Å²) in [7, 11) is 0. The highest BCUT2D eigenvalue weighted by Crippen LogP contribution is 2.34. The second-order valence-corrected chi connectivity index (χ2v) is 9.61. The molecule has 6 aromatic rings. The van der Waals surface area contributed by atoms with Crippen LogP contribution in [0.25, 0.3) is 55.7 Å². The largest absolute Gasteiger partial charge is 0.472 e. The van der Waals surface area contributed by atoms with Crippen LogP contribution in [0.15, 0.2) is 84.3 Å². The van der Waals surface area contributed by atoms with E-state index in [4.69, 9.17) is 9.40 Å². The Bertz CT molecular complexity index is 1740. The van der Waals surface area contributed by atoms with Crippen molar-refractivity contribution in [2.24, 2.45) is 5.92 Å². The number of hydrogen-bond donors (Lipinski definition) is 3. The molecular formula is C29H25N7O. The molecule has 5 heterocycles. The summed E-state index contributed by atoms with van der Waals surface area (Å²) in [6.45, 7) is 4.28. The van der Waals surface area contributed by atoms with Gasteiger partial charge in [-0.2, -0.15) is 5.10 Å². The topological polar surface area (TPSA) is 108 Å². The number of benzene rings is 1. The number of rotatable bonds is 6. The SMILES string of the molecule is C=C(Nc1cncc(-c2ccc3[nH]nc(-c4nc5c(-c6ccoc6)cncc5[nH]4)c3c2)c1)C1CCCC1. The van der Waals surface area contributed by atoms with E-state index in [1.165, 1.54) is 25.7 Å². The van der Waals surface area contributed by atoms with Gasteiger partial charge in [0.1, 0.15) is 11.2 Å². The van der Waals surface area contributed by atoms with Gasteiger partial charge in [0.2, 0.25) is 0 Å². The first kappa shape index (κ1) is 21.6. The van der Waals surface area contributed by atoms with Gasteiger partial charge in [-0.1, -0.05) is 25.5 Å². The molecule has 37 heavy (non-hydrogen) atoms. The van der Waals surface area contributed by atoms with Crippen molar-refractivity contribution >= 4 is 27.6 Å². The quantitative estimate of drug-likeness (QED) is 0.235. The predicted octanol–water partition coefficient (Wildman–Crippen LogP) is 6.94. The Kier molecular flexibility index (Phi) is 5.09. The lowest BCUT2D eigenvalue weighted by molar-refractivity contribution is 0.568. The molecule has 5 aromatic heterocycles. The highest BCUT2D eigenvalue weighted by atomic mass is 16.3. The molecule has 3 N–H and O–H groups in total. The summed E-state index contributed by atoms with van der Waals surface area (Å²) in [4.78, 5) is 17.2. The number of pyridine rings is 2. The molecule has 0 spiro atoms. The first-order chi connectivity index (χ1) is 18.2. The van der Waals surface area contributed by atoms with E-state index >= 15 is 0 Å². The number of imidazole rings is 1. The van der Waals surface area contributed by atoms with Crippen LogP contribution in [0.3, 0.4) is 0 Å². The number of nitrogens with zero attached hydrogens (tertiary/aromatic N) is 4. The molecular weight excluding hydrogens is 462 g/mol. The molecule has 0 atom stereocenters. The Hall–Kier alpha value is -4.72. The molecule has 1 aromatic carbocycles. The maximum Gasteiger partial charge on any atom is 0.159 e. The van der Waals surface area contributed by atoms with E-state index in [9.17, 15) is 0 Å². The van der Waals surface area contributed by atoms with Crippen LogP contribution in [0.5, 0.6) is 0 Å². The smallest absolute Gasteiger partial charge is 0.159 e. The first-order valence-corrected chi connectivity index (χ1v) is 12.5. The van der Waals surface area contributed by atoms with E-state index in [-0.39, 0.29) is 0 Å². The third-order valence-electron chi connectivity index (χ3n) is 7.24. The Balaban J connectivity index is 1.25. The van der Waals surface area contributed by atoms with Crippen molar-refractivity contribution in [3.63, 3.8) is 0 Å². The van der Waals surface area contributed by atoms with Crippen LogP contribution in [-0.4, -0.2) is 30.1 Å². The molecule has 7 rings (SSSR count). The van der Waals surface area contributed by atoms with E-state index < -0.39 is 0 Å². The van der Waals surface area contributed by atoms with Gasteiger partial charge in [0.15, 0.2) is 5.82 Å². The van der Waals surface area contributed by atoms with Crippen LogP contribution in [0.1, 0.15) is 25.7 Å². The number of fused-ring (bicyclic) bond motifs is 2. The van der Waals surface area contributed by atoms with Gasteiger partial charge < -0.3 is 14.7 Å². The number of hydrogen-bond acceptors (Lipinski definition) is 6. The number of allylic oxidation sites excluding steroid dienone is 1. The number of furan rings is 1. The Morgan fingerprint density at radius 1 is 0.946 bits per heavy atom. The van der Waals surface area contributed by atoms with Crippen LogP contribution in [0.2, 0.25) is 0 Å². The zero-order chi connectivity index (χ0) is 24.8. The molecule has 0 bridgehead atoms. The zero-order valence-corrected chi connectivity index (χ0v) is 20.2. The fraction of sp³-hybridized carbons (Fsp3) is 0.172. The lowest BCUT2D eigenvalue weighted by atomic mass is 10.0. The summed E-state index contributed by atoms with van der Waals surface area (Å²) >= 11 is 0. The number of H-pyrrole nitrogens is 2. The molecule has 1 aliphatic rings. The van der Waals surface area contributed by atoms with Crippen molar-refractivity contribution in [3.8, 4) is 33.8 Å². The average Bonchev–Trinajstić information content (AvgIpc) is 3.74. The van der Waals surface area contributed by atoms with E-state index in [2.05, 4.69) is 55.2 Å². The molecule has 0 amide bonds. The summed E-state index contributed by atoms with van der Waals surface area (Å²) < 4.78 is 5.27.